The number of esters is 1. The Labute approximate surface area is 118 Å². The molecular formula is C13H22N4O3. The third-order valence-electron chi connectivity index (χ3n) is 2.86. The van der Waals surface area contributed by atoms with Crippen molar-refractivity contribution in [1.82, 2.24) is 15.1 Å². The minimum Gasteiger partial charge on any atom is -0.465 e. The van der Waals surface area contributed by atoms with Crippen molar-refractivity contribution in [1.29, 1.82) is 0 Å². The minimum absolute atomic E-state index is 0.112. The van der Waals surface area contributed by atoms with Crippen molar-refractivity contribution >= 4 is 17.6 Å². The number of amides is 1. The maximum atomic E-state index is 12.0. The third-order valence-corrected chi connectivity index (χ3v) is 2.86. The Morgan fingerprint density at radius 3 is 2.50 bits per heavy atom. The lowest BCUT2D eigenvalue weighted by molar-refractivity contribution is -0.144. The summed E-state index contributed by atoms with van der Waals surface area (Å²) in [5, 5.41) is 9.62. The van der Waals surface area contributed by atoms with Crippen molar-refractivity contribution in [3.8, 4) is 0 Å². The SMILES string of the molecule is CCOC(=O)CN(CC)CC(=O)Nc1c(C)n[nH]c1C. The molecule has 0 saturated heterocycles. The largest absolute Gasteiger partial charge is 0.465 e. The van der Waals surface area contributed by atoms with Gasteiger partial charge in [-0.15, -0.1) is 0 Å². The molecule has 0 unspecified atom stereocenters. The molecule has 0 aromatic carbocycles. The van der Waals surface area contributed by atoms with Crippen molar-refractivity contribution in [2.45, 2.75) is 27.7 Å². The second-order valence-electron chi connectivity index (χ2n) is 4.47. The molecule has 2 N–H and O–H groups in total. The van der Waals surface area contributed by atoms with Gasteiger partial charge in [0.1, 0.15) is 0 Å². The molecule has 7 heteroatoms. The Bertz CT molecular complexity index is 451. The average molecular weight is 282 g/mol. The van der Waals surface area contributed by atoms with Crippen LogP contribution in [0.4, 0.5) is 5.69 Å². The van der Waals surface area contributed by atoms with E-state index >= 15 is 0 Å². The van der Waals surface area contributed by atoms with Crippen LogP contribution in [-0.4, -0.2) is 53.2 Å². The van der Waals surface area contributed by atoms with Crippen LogP contribution < -0.4 is 5.32 Å². The molecule has 0 aliphatic heterocycles. The number of hydrogen-bond donors (Lipinski definition) is 2. The molecule has 0 saturated carbocycles. The fourth-order valence-electron chi connectivity index (χ4n) is 1.79. The molecule has 0 fully saturated rings. The highest BCUT2D eigenvalue weighted by molar-refractivity contribution is 5.93. The number of rotatable bonds is 7. The summed E-state index contributed by atoms with van der Waals surface area (Å²) in [4.78, 5) is 25.1. The highest BCUT2D eigenvalue weighted by Gasteiger charge is 2.15. The van der Waals surface area contributed by atoms with E-state index in [4.69, 9.17) is 4.74 Å². The smallest absolute Gasteiger partial charge is 0.320 e. The lowest BCUT2D eigenvalue weighted by atomic mass is 10.3. The summed E-state index contributed by atoms with van der Waals surface area (Å²) in [7, 11) is 0. The summed E-state index contributed by atoms with van der Waals surface area (Å²) in [6.07, 6.45) is 0. The van der Waals surface area contributed by atoms with Gasteiger partial charge in [0, 0.05) is 0 Å². The van der Waals surface area contributed by atoms with E-state index in [0.29, 0.717) is 18.8 Å². The van der Waals surface area contributed by atoms with Gasteiger partial charge in [-0.1, -0.05) is 6.92 Å². The summed E-state index contributed by atoms with van der Waals surface area (Å²) in [6, 6.07) is 0. The number of anilines is 1. The molecule has 1 aromatic rings. The number of carbonyl (C=O) groups excluding carboxylic acids is 2. The zero-order valence-corrected chi connectivity index (χ0v) is 12.4. The normalized spacial score (nSPS) is 10.7. The van der Waals surface area contributed by atoms with Gasteiger partial charge in [0.25, 0.3) is 0 Å². The number of ether oxygens (including phenoxy) is 1. The van der Waals surface area contributed by atoms with Crippen LogP contribution in [0.25, 0.3) is 0 Å². The number of aromatic nitrogens is 2. The van der Waals surface area contributed by atoms with E-state index in [-0.39, 0.29) is 25.0 Å². The monoisotopic (exact) mass is 282 g/mol. The summed E-state index contributed by atoms with van der Waals surface area (Å²) >= 11 is 0. The standard InChI is InChI=1S/C13H22N4O3/c1-5-17(8-12(19)20-6-2)7-11(18)14-13-9(3)15-16-10(13)4/h5-8H2,1-4H3,(H,14,18)(H,15,16). The first kappa shape index (κ1) is 16.2. The molecule has 20 heavy (non-hydrogen) atoms. The molecule has 1 aromatic heterocycles. The number of aromatic amines is 1. The number of H-pyrrole nitrogens is 1. The molecule has 112 valence electrons. The van der Waals surface area contributed by atoms with E-state index in [1.165, 1.54) is 0 Å². The maximum absolute atomic E-state index is 12.0. The summed E-state index contributed by atoms with van der Waals surface area (Å²) < 4.78 is 4.87. The molecule has 1 heterocycles. The van der Waals surface area contributed by atoms with Crippen LogP contribution in [0.1, 0.15) is 25.2 Å². The number of aryl methyl sites for hydroxylation is 2. The predicted octanol–water partition coefficient (Wildman–Crippen LogP) is 0.850. The van der Waals surface area contributed by atoms with Gasteiger partial charge in [0.2, 0.25) is 5.91 Å². The van der Waals surface area contributed by atoms with Gasteiger partial charge in [-0.25, -0.2) is 0 Å². The second-order valence-corrected chi connectivity index (χ2v) is 4.47. The molecule has 0 atom stereocenters. The first-order valence-corrected chi connectivity index (χ1v) is 6.67. The zero-order valence-electron chi connectivity index (χ0n) is 12.4. The number of nitrogens with zero attached hydrogens (tertiary/aromatic N) is 2. The molecular weight excluding hydrogens is 260 g/mol. The molecule has 0 radical (unpaired) electrons. The summed E-state index contributed by atoms with van der Waals surface area (Å²) in [5.74, 6) is -0.499. The van der Waals surface area contributed by atoms with Crippen molar-refractivity contribution < 1.29 is 14.3 Å². The minimum atomic E-state index is -0.321. The lowest BCUT2D eigenvalue weighted by Crippen LogP contribution is -2.37. The Morgan fingerprint density at radius 1 is 1.30 bits per heavy atom. The molecule has 7 nitrogen and oxygen atoms in total. The Morgan fingerprint density at radius 2 is 2.00 bits per heavy atom. The second kappa shape index (κ2) is 7.64. The quantitative estimate of drug-likeness (QED) is 0.724. The number of likely N-dealkylation sites (N-methyl/N-ethyl adjacent to an activating group) is 1. The Kier molecular flexibility index (Phi) is 6.17. The van der Waals surface area contributed by atoms with Crippen LogP contribution in [0.2, 0.25) is 0 Å². The van der Waals surface area contributed by atoms with E-state index in [0.717, 1.165) is 11.4 Å². The van der Waals surface area contributed by atoms with Crippen LogP contribution in [0.3, 0.4) is 0 Å². The Hall–Kier alpha value is -1.89. The number of carbonyl (C=O) groups is 2. The predicted molar refractivity (Wildman–Crippen MR) is 75.4 cm³/mol. The summed E-state index contributed by atoms with van der Waals surface area (Å²) in [5.41, 5.74) is 2.25. The van der Waals surface area contributed by atoms with E-state index in [1.54, 1.807) is 11.8 Å². The van der Waals surface area contributed by atoms with Gasteiger partial charge in [0.15, 0.2) is 0 Å². The molecule has 0 bridgehead atoms. The molecule has 0 aliphatic carbocycles. The van der Waals surface area contributed by atoms with E-state index in [2.05, 4.69) is 15.5 Å². The average Bonchev–Trinajstić information content (AvgIpc) is 2.70. The van der Waals surface area contributed by atoms with E-state index in [1.807, 2.05) is 20.8 Å². The highest BCUT2D eigenvalue weighted by Crippen LogP contribution is 2.15. The maximum Gasteiger partial charge on any atom is 0.320 e. The fourth-order valence-corrected chi connectivity index (χ4v) is 1.79. The van der Waals surface area contributed by atoms with Gasteiger partial charge in [0.05, 0.1) is 36.8 Å². The fraction of sp³-hybridized carbons (Fsp3) is 0.615. The van der Waals surface area contributed by atoms with Gasteiger partial charge in [-0.3, -0.25) is 19.6 Å². The molecule has 0 aliphatic rings. The van der Waals surface area contributed by atoms with Crippen molar-refractivity contribution in [3.05, 3.63) is 11.4 Å². The van der Waals surface area contributed by atoms with Crippen LogP contribution in [0.15, 0.2) is 0 Å². The lowest BCUT2D eigenvalue weighted by Gasteiger charge is -2.18. The third kappa shape index (κ3) is 4.65. The molecule has 0 spiro atoms. The van der Waals surface area contributed by atoms with E-state index in [9.17, 15) is 9.59 Å². The first-order chi connectivity index (χ1) is 9.47. The molecule has 1 rings (SSSR count). The Balaban J connectivity index is 2.53. The van der Waals surface area contributed by atoms with Crippen LogP contribution in [0, 0.1) is 13.8 Å². The topological polar surface area (TPSA) is 87.3 Å². The van der Waals surface area contributed by atoms with Crippen LogP contribution in [0.5, 0.6) is 0 Å². The van der Waals surface area contributed by atoms with Gasteiger partial charge >= 0.3 is 5.97 Å². The summed E-state index contributed by atoms with van der Waals surface area (Å²) in [6.45, 7) is 8.49. The van der Waals surface area contributed by atoms with E-state index < -0.39 is 0 Å². The zero-order chi connectivity index (χ0) is 15.1. The molecule has 1 amide bonds. The van der Waals surface area contributed by atoms with Crippen LogP contribution in [-0.2, 0) is 14.3 Å². The van der Waals surface area contributed by atoms with Crippen molar-refractivity contribution in [3.63, 3.8) is 0 Å². The van der Waals surface area contributed by atoms with Crippen LogP contribution >= 0.6 is 0 Å². The van der Waals surface area contributed by atoms with Crippen molar-refractivity contribution in [2.75, 3.05) is 31.6 Å². The van der Waals surface area contributed by atoms with Gasteiger partial charge in [-0.2, -0.15) is 5.10 Å². The van der Waals surface area contributed by atoms with Crippen molar-refractivity contribution in [2.24, 2.45) is 0 Å². The first-order valence-electron chi connectivity index (χ1n) is 6.67. The van der Waals surface area contributed by atoms with Gasteiger partial charge < -0.3 is 10.1 Å². The number of nitrogens with one attached hydrogen (secondary N) is 2. The number of hydrogen-bond acceptors (Lipinski definition) is 5. The van der Waals surface area contributed by atoms with Gasteiger partial charge in [-0.05, 0) is 27.3 Å². The highest BCUT2D eigenvalue weighted by atomic mass is 16.5.